The molecule has 86 heavy (non-hydrogen) atoms. The number of anilines is 13. The van der Waals surface area contributed by atoms with Crippen molar-refractivity contribution >= 4 is 77.3 Å². The Morgan fingerprint density at radius 2 is 0.651 bits per heavy atom. The number of nitrogens with one attached hydrogen (secondary N) is 17. The van der Waals surface area contributed by atoms with E-state index in [9.17, 15) is 0 Å². The topological polar surface area (TPSA) is 632 Å². The first-order chi connectivity index (χ1) is 42.2. The molecule has 0 atom stereocenters. The fraction of sp³-hybridized carbons (Fsp3) is 0.591. The molecule has 470 valence electrons. The predicted molar refractivity (Wildman–Crippen MR) is 330 cm³/mol. The Morgan fingerprint density at radius 1 is 0.314 bits per heavy atom. The van der Waals surface area contributed by atoms with E-state index >= 15 is 0 Å². The molecule has 0 amide bonds. The third-order valence-corrected chi connectivity index (χ3v) is 10.6. The number of rotatable bonds is 43. The second-order valence-corrected chi connectivity index (χ2v) is 17.7. The molecular weight excluding hydrogens is 1120 g/mol. The van der Waals surface area contributed by atoms with Crippen molar-refractivity contribution in [2.75, 3.05) is 220 Å². The summed E-state index contributed by atoms with van der Waals surface area (Å²) in [6.45, 7) is 12.1. The predicted octanol–water partition coefficient (Wildman–Crippen LogP) is -7.59. The number of aromatic amines is 4. The maximum Gasteiger partial charge on any atom is 0.229 e. The average Bonchev–Trinajstić information content (AvgIpc) is 3.71. The lowest BCUT2D eigenvalue weighted by Gasteiger charge is -2.13. The molecule has 31 N–H and O–H groups in total. The van der Waals surface area contributed by atoms with Crippen LogP contribution in [-0.4, -0.2) is 240 Å². The molecule has 42 nitrogen and oxygen atoms in total. The lowest BCUT2D eigenvalue weighted by Crippen LogP contribution is -2.33. The first-order valence-electron chi connectivity index (χ1n) is 28.2. The third kappa shape index (κ3) is 25.1. The van der Waals surface area contributed by atoms with Crippen LogP contribution in [0.2, 0.25) is 0 Å². The number of hydrogen-bond acceptors (Lipinski definition) is 38. The minimum atomic E-state index is 0.0670. The van der Waals surface area contributed by atoms with Gasteiger partial charge in [-0.2, -0.15) is 69.8 Å². The molecule has 0 saturated heterocycles. The van der Waals surface area contributed by atoms with Gasteiger partial charge in [0.1, 0.15) is 5.82 Å². The monoisotopic (exact) mass is 1200 g/mol. The van der Waals surface area contributed by atoms with Crippen LogP contribution in [0.5, 0.6) is 0 Å². The Bertz CT molecular complexity index is 3150. The average molecular weight is 1200 g/mol. The second-order valence-electron chi connectivity index (χ2n) is 17.7. The van der Waals surface area contributed by atoms with Gasteiger partial charge < -0.3 is 114 Å². The maximum atomic E-state index is 5.84. The number of nitrogen functional groups attached to an aromatic ring is 1. The van der Waals surface area contributed by atoms with Crippen LogP contribution in [0.1, 0.15) is 19.2 Å². The smallest absolute Gasteiger partial charge is 0.229 e. The second kappa shape index (κ2) is 38.3. The molecule has 0 bridgehead atoms. The minimum absolute atomic E-state index is 0.0670. The van der Waals surface area contributed by atoms with Crippen molar-refractivity contribution in [3.8, 4) is 0 Å². The molecule has 0 fully saturated rings. The van der Waals surface area contributed by atoms with E-state index in [4.69, 9.17) is 40.1 Å². The van der Waals surface area contributed by atoms with Crippen LogP contribution in [0.3, 0.4) is 0 Å². The summed E-state index contributed by atoms with van der Waals surface area (Å²) in [6.07, 6.45) is 0.895. The van der Waals surface area contributed by atoms with Crippen LogP contribution >= 0.6 is 0 Å². The van der Waals surface area contributed by atoms with E-state index in [1.54, 1.807) is 0 Å². The first kappa shape index (κ1) is 65.5. The van der Waals surface area contributed by atoms with Crippen molar-refractivity contribution < 1.29 is 0 Å². The number of aromatic nitrogens is 18. The molecule has 0 aliphatic carbocycles. The molecular formula is C44H84N42. The van der Waals surface area contributed by atoms with Crippen molar-refractivity contribution in [2.24, 2.45) is 54.4 Å². The Morgan fingerprint density at radius 3 is 1.06 bits per heavy atom. The highest BCUT2D eigenvalue weighted by Gasteiger charge is 2.12. The van der Waals surface area contributed by atoms with Crippen LogP contribution in [0.25, 0.3) is 0 Å². The summed E-state index contributed by atoms with van der Waals surface area (Å²) >= 11 is 0. The molecule has 0 aliphatic heterocycles. The van der Waals surface area contributed by atoms with Gasteiger partial charge in [0.15, 0.2) is 0 Å². The quantitative estimate of drug-likeness (QED) is 0.0158. The fourth-order valence-corrected chi connectivity index (χ4v) is 6.89. The van der Waals surface area contributed by atoms with E-state index in [2.05, 4.69) is 186 Å². The summed E-state index contributed by atoms with van der Waals surface area (Å²) in [5, 5.41) is 41.4. The van der Waals surface area contributed by atoms with Crippen LogP contribution < -0.4 is 132 Å². The van der Waals surface area contributed by atoms with E-state index in [-0.39, 0.29) is 5.95 Å². The maximum absolute atomic E-state index is 5.84. The summed E-state index contributed by atoms with van der Waals surface area (Å²) in [5.41, 5.74) is 42.0. The van der Waals surface area contributed by atoms with Gasteiger partial charge in [-0.3, -0.25) is 29.9 Å². The van der Waals surface area contributed by atoms with E-state index in [0.717, 1.165) is 6.42 Å². The van der Waals surface area contributed by atoms with Gasteiger partial charge in [0.05, 0.1) is 26.2 Å². The van der Waals surface area contributed by atoms with Gasteiger partial charge in [0, 0.05) is 131 Å². The molecule has 6 aromatic heterocycles. The molecule has 6 heterocycles. The molecule has 0 saturated carbocycles. The van der Waals surface area contributed by atoms with E-state index in [0.29, 0.717) is 257 Å². The Hall–Kier alpha value is -9.62. The lowest BCUT2D eigenvalue weighted by atomic mass is 10.5. The van der Waals surface area contributed by atoms with E-state index < -0.39 is 0 Å². The molecule has 0 radical (unpaired) electrons. The zero-order valence-electron chi connectivity index (χ0n) is 48.3. The zero-order valence-corrected chi connectivity index (χ0v) is 48.3. The molecule has 6 rings (SSSR count). The lowest BCUT2D eigenvalue weighted by molar-refractivity contribution is 0.647. The summed E-state index contributed by atoms with van der Waals surface area (Å²) in [6, 6.07) is 0. The van der Waals surface area contributed by atoms with Gasteiger partial charge in [-0.15, -0.1) is 0 Å². The van der Waals surface area contributed by atoms with Crippen LogP contribution in [0.15, 0.2) is 20.0 Å². The summed E-state index contributed by atoms with van der Waals surface area (Å²) in [4.78, 5) is 92.9. The van der Waals surface area contributed by atoms with E-state index in [1.165, 1.54) is 0 Å². The van der Waals surface area contributed by atoms with Crippen molar-refractivity contribution in [2.45, 2.75) is 19.9 Å². The van der Waals surface area contributed by atoms with Crippen LogP contribution in [0.4, 0.5) is 77.3 Å². The van der Waals surface area contributed by atoms with Crippen molar-refractivity contribution in [3.63, 3.8) is 0 Å². The highest BCUT2D eigenvalue weighted by atomic mass is 15.3. The van der Waals surface area contributed by atoms with Gasteiger partial charge >= 0.3 is 0 Å². The minimum Gasteiger partial charge on any atom is -0.368 e. The van der Waals surface area contributed by atoms with Crippen LogP contribution in [-0.2, 0) is 6.54 Å². The normalized spacial score (nSPS) is 12.0. The van der Waals surface area contributed by atoms with Gasteiger partial charge in [-0.05, 0) is 6.42 Å². The number of H-pyrrole nitrogens is 4. The molecule has 42 heteroatoms. The van der Waals surface area contributed by atoms with Gasteiger partial charge in [0.25, 0.3) is 0 Å². The summed E-state index contributed by atoms with van der Waals surface area (Å²) < 4.78 is 0. The molecule has 0 unspecified atom stereocenters. The van der Waals surface area contributed by atoms with Gasteiger partial charge in [-0.1, -0.05) is 6.92 Å². The van der Waals surface area contributed by atoms with Crippen molar-refractivity contribution in [3.05, 3.63) is 28.3 Å². The number of nitrogens with two attached hydrogens (primary N) is 7. The Balaban J connectivity index is 0.995. The Kier molecular flexibility index (Phi) is 29.2. The van der Waals surface area contributed by atoms with Crippen LogP contribution in [0, 0.1) is 0 Å². The summed E-state index contributed by atoms with van der Waals surface area (Å²) in [7, 11) is 0. The Labute approximate surface area is 493 Å². The van der Waals surface area contributed by atoms with Gasteiger partial charge in [0.2, 0.25) is 99.8 Å². The van der Waals surface area contributed by atoms with Crippen molar-refractivity contribution in [1.82, 2.24) is 95.0 Å². The number of nitrogens with zero attached hydrogens (tertiary/aromatic N) is 18. The molecule has 6 aromatic rings. The standard InChI is InChI=1S/C44H84N42/c1-2-9-53-29-69-27(70-30(73-29)54-10-3-45)26-52-16-17-60-37-75-33(56-12-5-47)76-38(83-37)63-20-21-64-41-79-35(58-14-7-49)80-42(85-41)67-24-25-68-44-82-36(59-15-8-50)81-43(86-44)66-23-22-65-40-78-34(57-13-6-48)77-39(84-40)62-19-18-61-32-72-28(51)71-31(74-32)55-11-4-46/h52H,2-26,45-50H2,1H3,(H2,53,54,69,70,73)(H4,51,55,61,71,72,74)(H3,56,60,63,75,76,83)(H3,57,62,65,77,78,84)(H3,58,64,67,79,80,85)(H3,59,66,68,81,82,86). The summed E-state index contributed by atoms with van der Waals surface area (Å²) in [5.74, 6) is 4.68. The fourth-order valence-electron chi connectivity index (χ4n) is 6.89. The van der Waals surface area contributed by atoms with E-state index in [1.807, 2.05) is 0 Å². The molecule has 0 aromatic carbocycles. The largest absolute Gasteiger partial charge is 0.368 e. The van der Waals surface area contributed by atoms with Crippen molar-refractivity contribution in [1.29, 1.82) is 0 Å². The molecule has 0 aliphatic rings. The SMILES string of the molecule is CCCN=c1nc(CNCCNc2nc(=NCCN)[nH]c(=NCCNc3nc(NCCN)nc(NCCNc4nc(NCCN)nc(NCCNc5nc(NCCN)nc(NCCNc6nc(N)nc(NCCN)n6)n5)n4)n3)[nH]2)[nH]c(=NCCN)[nH]1. The highest BCUT2D eigenvalue weighted by molar-refractivity contribution is 5.46. The zero-order chi connectivity index (χ0) is 60.8. The van der Waals surface area contributed by atoms with Gasteiger partial charge in [-0.25, -0.2) is 4.99 Å². The number of hydrogen-bond donors (Lipinski definition) is 24. The third-order valence-electron chi connectivity index (χ3n) is 10.6. The highest BCUT2D eigenvalue weighted by Crippen LogP contribution is 2.13. The first-order valence-corrected chi connectivity index (χ1v) is 28.2. The molecule has 0 spiro atoms.